The summed E-state index contributed by atoms with van der Waals surface area (Å²) in [7, 11) is -0.754. The van der Waals surface area contributed by atoms with Crippen LogP contribution in [0.4, 0.5) is 17.1 Å². The molecule has 32 heavy (non-hydrogen) atoms. The van der Waals surface area contributed by atoms with Gasteiger partial charge < -0.3 is 10.2 Å². The van der Waals surface area contributed by atoms with Gasteiger partial charge in [-0.3, -0.25) is 14.5 Å². The van der Waals surface area contributed by atoms with E-state index in [-0.39, 0.29) is 29.3 Å². The average molecular weight is 457 g/mol. The molecule has 0 saturated carbocycles. The van der Waals surface area contributed by atoms with Gasteiger partial charge in [-0.15, -0.1) is 0 Å². The number of carbonyl (C=O) groups is 2. The summed E-state index contributed by atoms with van der Waals surface area (Å²) in [5.41, 5.74) is 2.91. The van der Waals surface area contributed by atoms with Gasteiger partial charge in [0, 0.05) is 26.3 Å². The molecule has 2 amide bonds. The molecule has 0 bridgehead atoms. The molecule has 2 aromatic rings. The van der Waals surface area contributed by atoms with Gasteiger partial charge in [0.15, 0.2) is 0 Å². The first-order valence-corrected chi connectivity index (χ1v) is 12.1. The Morgan fingerprint density at radius 1 is 1.12 bits per heavy atom. The van der Waals surface area contributed by atoms with Crippen LogP contribution in [0.3, 0.4) is 0 Å². The van der Waals surface area contributed by atoms with Crippen LogP contribution in [0.5, 0.6) is 0 Å². The van der Waals surface area contributed by atoms with Gasteiger partial charge in [-0.1, -0.05) is 12.1 Å². The summed E-state index contributed by atoms with van der Waals surface area (Å²) >= 11 is 0. The second-order valence-corrected chi connectivity index (χ2v) is 10.6. The van der Waals surface area contributed by atoms with E-state index in [1.54, 1.807) is 18.2 Å². The lowest BCUT2D eigenvalue weighted by Crippen LogP contribution is -2.56. The van der Waals surface area contributed by atoms with Crippen LogP contribution in [0.2, 0.25) is 0 Å². The van der Waals surface area contributed by atoms with Crippen molar-refractivity contribution in [1.82, 2.24) is 4.31 Å². The van der Waals surface area contributed by atoms with Crippen molar-refractivity contribution in [2.75, 3.05) is 42.3 Å². The Bertz CT molecular complexity index is 1160. The maximum atomic E-state index is 13.4. The molecule has 4 rings (SSSR count). The highest BCUT2D eigenvalue weighted by molar-refractivity contribution is 7.89. The van der Waals surface area contributed by atoms with Crippen LogP contribution in [0, 0.1) is 6.92 Å². The minimum absolute atomic E-state index is 0.0913. The van der Waals surface area contributed by atoms with Gasteiger partial charge in [-0.25, -0.2) is 12.7 Å². The number of nitrogens with zero attached hydrogens (tertiary/aromatic N) is 3. The number of nitrogens with one attached hydrogen (secondary N) is 1. The summed E-state index contributed by atoms with van der Waals surface area (Å²) in [6, 6.07) is 11.9. The first kappa shape index (κ1) is 22.3. The Kier molecular flexibility index (Phi) is 5.96. The smallest absolute Gasteiger partial charge is 0.250 e. The second kappa shape index (κ2) is 8.55. The van der Waals surface area contributed by atoms with Crippen molar-refractivity contribution in [3.8, 4) is 0 Å². The van der Waals surface area contributed by atoms with Gasteiger partial charge in [0.05, 0.1) is 16.3 Å². The molecule has 0 spiro atoms. The van der Waals surface area contributed by atoms with E-state index in [1.807, 2.05) is 30.0 Å². The Labute approximate surface area is 188 Å². The molecule has 0 aromatic heterocycles. The second-order valence-electron chi connectivity index (χ2n) is 8.48. The molecule has 1 atom stereocenters. The molecule has 1 saturated heterocycles. The zero-order valence-electron chi connectivity index (χ0n) is 18.5. The molecule has 8 nitrogen and oxygen atoms in total. The first-order valence-electron chi connectivity index (χ1n) is 10.7. The molecule has 2 heterocycles. The van der Waals surface area contributed by atoms with Crippen molar-refractivity contribution in [3.05, 3.63) is 48.0 Å². The molecule has 2 aromatic carbocycles. The van der Waals surface area contributed by atoms with E-state index in [1.165, 1.54) is 25.1 Å². The highest BCUT2D eigenvalue weighted by atomic mass is 32.2. The number of sulfonamides is 1. The summed E-state index contributed by atoms with van der Waals surface area (Å²) in [6.07, 6.45) is 2.62. The van der Waals surface area contributed by atoms with Crippen molar-refractivity contribution in [3.63, 3.8) is 0 Å². The molecule has 0 radical (unpaired) electrons. The number of benzene rings is 2. The monoisotopic (exact) mass is 456 g/mol. The SMILES string of the molecule is Cc1cccc(NC(=O)CN2C(=O)[C@@H]3CCCCN3c3ccc(S(=O)(=O)N(C)C)cc32)c1. The van der Waals surface area contributed by atoms with E-state index in [9.17, 15) is 18.0 Å². The summed E-state index contributed by atoms with van der Waals surface area (Å²) in [5.74, 6) is -0.504. The quantitative estimate of drug-likeness (QED) is 0.747. The maximum Gasteiger partial charge on any atom is 0.250 e. The van der Waals surface area contributed by atoms with Crippen molar-refractivity contribution in [2.45, 2.75) is 37.1 Å². The number of amides is 2. The fourth-order valence-corrected chi connectivity index (χ4v) is 5.26. The van der Waals surface area contributed by atoms with Crippen LogP contribution in [0.1, 0.15) is 24.8 Å². The van der Waals surface area contributed by atoms with Crippen LogP contribution >= 0.6 is 0 Å². The highest BCUT2D eigenvalue weighted by Crippen LogP contribution is 2.40. The lowest BCUT2D eigenvalue weighted by Gasteiger charge is -2.45. The zero-order valence-corrected chi connectivity index (χ0v) is 19.4. The molecule has 2 aliphatic heterocycles. The Morgan fingerprint density at radius 2 is 1.91 bits per heavy atom. The molecular formula is C23H28N4O4S. The van der Waals surface area contributed by atoms with Crippen LogP contribution in [0.25, 0.3) is 0 Å². The third-order valence-corrected chi connectivity index (χ3v) is 7.79. The number of hydrogen-bond donors (Lipinski definition) is 1. The Balaban J connectivity index is 1.71. The lowest BCUT2D eigenvalue weighted by molar-refractivity contribution is -0.123. The minimum Gasteiger partial charge on any atom is -0.358 e. The summed E-state index contributed by atoms with van der Waals surface area (Å²) in [5, 5.41) is 2.84. The highest BCUT2D eigenvalue weighted by Gasteiger charge is 2.40. The van der Waals surface area contributed by atoms with Gasteiger partial charge in [0.25, 0.3) is 0 Å². The number of rotatable bonds is 5. The third kappa shape index (κ3) is 4.10. The molecule has 170 valence electrons. The fraction of sp³-hybridized carbons (Fsp3) is 0.391. The molecule has 0 unspecified atom stereocenters. The first-order chi connectivity index (χ1) is 15.2. The number of carbonyl (C=O) groups excluding carboxylic acids is 2. The number of hydrogen-bond acceptors (Lipinski definition) is 5. The van der Waals surface area contributed by atoms with E-state index in [2.05, 4.69) is 5.32 Å². The molecule has 2 aliphatic rings. The average Bonchev–Trinajstić information content (AvgIpc) is 2.76. The van der Waals surface area contributed by atoms with Crippen molar-refractivity contribution in [1.29, 1.82) is 0 Å². The van der Waals surface area contributed by atoms with E-state index in [0.717, 1.165) is 34.9 Å². The van der Waals surface area contributed by atoms with E-state index in [4.69, 9.17) is 0 Å². The number of aryl methyl sites for hydroxylation is 1. The van der Waals surface area contributed by atoms with E-state index >= 15 is 0 Å². The lowest BCUT2D eigenvalue weighted by atomic mass is 9.96. The number of piperidine rings is 1. The summed E-state index contributed by atoms with van der Waals surface area (Å²) in [6.45, 7) is 2.48. The van der Waals surface area contributed by atoms with E-state index in [0.29, 0.717) is 17.8 Å². The van der Waals surface area contributed by atoms with Gasteiger partial charge in [0.1, 0.15) is 12.6 Å². The zero-order chi connectivity index (χ0) is 23.0. The molecule has 1 fully saturated rings. The van der Waals surface area contributed by atoms with Crippen molar-refractivity contribution >= 4 is 38.9 Å². The Morgan fingerprint density at radius 3 is 2.62 bits per heavy atom. The van der Waals surface area contributed by atoms with Crippen LogP contribution in [-0.4, -0.2) is 57.8 Å². The molecule has 0 aliphatic carbocycles. The van der Waals surface area contributed by atoms with Gasteiger partial charge >= 0.3 is 0 Å². The number of fused-ring (bicyclic) bond motifs is 3. The van der Waals surface area contributed by atoms with Gasteiger partial charge in [-0.2, -0.15) is 0 Å². The predicted molar refractivity (Wildman–Crippen MR) is 124 cm³/mol. The normalized spacial score (nSPS) is 18.4. The molecule has 1 N–H and O–H groups in total. The Hall–Kier alpha value is -2.91. The van der Waals surface area contributed by atoms with Crippen molar-refractivity contribution in [2.24, 2.45) is 0 Å². The minimum atomic E-state index is -3.69. The third-order valence-electron chi connectivity index (χ3n) is 5.98. The fourth-order valence-electron chi connectivity index (χ4n) is 4.34. The number of anilines is 3. The maximum absolute atomic E-state index is 13.4. The predicted octanol–water partition coefficient (Wildman–Crippen LogP) is 2.59. The van der Waals surface area contributed by atoms with Crippen LogP contribution in [0.15, 0.2) is 47.4 Å². The van der Waals surface area contributed by atoms with Gasteiger partial charge in [0.2, 0.25) is 21.8 Å². The van der Waals surface area contributed by atoms with Gasteiger partial charge in [-0.05, 0) is 62.1 Å². The van der Waals surface area contributed by atoms with Crippen LogP contribution < -0.4 is 15.1 Å². The van der Waals surface area contributed by atoms with Crippen LogP contribution in [-0.2, 0) is 19.6 Å². The molecular weight excluding hydrogens is 428 g/mol. The largest absolute Gasteiger partial charge is 0.358 e. The topological polar surface area (TPSA) is 90.0 Å². The summed E-state index contributed by atoms with van der Waals surface area (Å²) in [4.78, 5) is 29.8. The molecule has 9 heteroatoms. The standard InChI is InChI=1S/C23H28N4O4S/c1-16-7-6-8-17(13-16)24-22(28)15-27-21-14-18(32(30,31)25(2)3)10-11-19(21)26-12-5-4-9-20(26)23(27)29/h6-8,10-11,13-14,20H,4-5,9,12,15H2,1-3H3,(H,24,28)/t20-/m0/s1. The van der Waals surface area contributed by atoms with Crippen molar-refractivity contribution < 1.29 is 18.0 Å². The summed E-state index contributed by atoms with van der Waals surface area (Å²) < 4.78 is 26.6. The van der Waals surface area contributed by atoms with E-state index < -0.39 is 10.0 Å².